The molecule has 0 aliphatic carbocycles. The van der Waals surface area contributed by atoms with Crippen molar-refractivity contribution in [2.75, 3.05) is 12.4 Å². The lowest BCUT2D eigenvalue weighted by molar-refractivity contribution is -0.115. The minimum atomic E-state index is -0.608. The van der Waals surface area contributed by atoms with Crippen molar-refractivity contribution in [2.45, 2.75) is 12.3 Å². The van der Waals surface area contributed by atoms with Gasteiger partial charge in [-0.05, 0) is 25.1 Å². The minimum Gasteiger partial charge on any atom is -0.355 e. The second kappa shape index (κ2) is 5.51. The van der Waals surface area contributed by atoms with Crippen LogP contribution in [0.3, 0.4) is 0 Å². The molecule has 0 spiro atoms. The van der Waals surface area contributed by atoms with Crippen LogP contribution in [0.1, 0.15) is 17.3 Å². The number of carbonyl (C=O) groups excluding carboxylic acids is 2. The lowest BCUT2D eigenvalue weighted by Crippen LogP contribution is -2.21. The van der Waals surface area contributed by atoms with Gasteiger partial charge in [0.25, 0.3) is 5.91 Å². The first kappa shape index (κ1) is 12.5. The number of alkyl halides is 1. The second-order valence-corrected chi connectivity index (χ2v) is 3.92. The predicted molar refractivity (Wildman–Crippen MR) is 63.8 cm³/mol. The molecule has 0 heterocycles. The Bertz CT molecular complexity index is 405. The first-order valence-corrected chi connectivity index (χ1v) is 5.25. The van der Waals surface area contributed by atoms with Crippen LogP contribution in [-0.2, 0) is 4.79 Å². The SMILES string of the molecule is CNC(=O)c1cccc(NC(=O)[C@H](C)Cl)c1. The second-order valence-electron chi connectivity index (χ2n) is 3.27. The van der Waals surface area contributed by atoms with Crippen LogP contribution in [0.15, 0.2) is 24.3 Å². The summed E-state index contributed by atoms with van der Waals surface area (Å²) in [6, 6.07) is 6.65. The van der Waals surface area contributed by atoms with Crippen LogP contribution in [0.4, 0.5) is 5.69 Å². The Morgan fingerprint density at radius 1 is 1.38 bits per heavy atom. The number of benzene rings is 1. The van der Waals surface area contributed by atoms with Crippen LogP contribution in [-0.4, -0.2) is 24.2 Å². The Labute approximate surface area is 99.0 Å². The fourth-order valence-electron chi connectivity index (χ4n) is 1.12. The fourth-order valence-corrected chi connectivity index (χ4v) is 1.18. The topological polar surface area (TPSA) is 58.2 Å². The smallest absolute Gasteiger partial charge is 0.251 e. The molecular weight excluding hydrogens is 228 g/mol. The summed E-state index contributed by atoms with van der Waals surface area (Å²) in [5.41, 5.74) is 1.04. The molecule has 2 amide bonds. The lowest BCUT2D eigenvalue weighted by Gasteiger charge is -2.07. The zero-order chi connectivity index (χ0) is 12.1. The summed E-state index contributed by atoms with van der Waals surface area (Å²) >= 11 is 5.62. The zero-order valence-corrected chi connectivity index (χ0v) is 9.84. The first-order valence-electron chi connectivity index (χ1n) is 4.81. The van der Waals surface area contributed by atoms with E-state index in [4.69, 9.17) is 11.6 Å². The van der Waals surface area contributed by atoms with E-state index in [0.29, 0.717) is 11.3 Å². The van der Waals surface area contributed by atoms with Gasteiger partial charge in [-0.15, -0.1) is 11.6 Å². The van der Waals surface area contributed by atoms with Gasteiger partial charge in [-0.3, -0.25) is 9.59 Å². The molecule has 0 aromatic heterocycles. The molecule has 1 rings (SSSR count). The minimum absolute atomic E-state index is 0.199. The van der Waals surface area contributed by atoms with E-state index in [0.717, 1.165) is 0 Å². The number of halogens is 1. The van der Waals surface area contributed by atoms with Gasteiger partial charge >= 0.3 is 0 Å². The van der Waals surface area contributed by atoms with E-state index in [1.54, 1.807) is 38.2 Å². The maximum Gasteiger partial charge on any atom is 0.251 e. The van der Waals surface area contributed by atoms with Gasteiger partial charge in [-0.25, -0.2) is 0 Å². The van der Waals surface area contributed by atoms with Crippen LogP contribution in [0.2, 0.25) is 0 Å². The number of nitrogens with one attached hydrogen (secondary N) is 2. The fraction of sp³-hybridized carbons (Fsp3) is 0.273. The highest BCUT2D eigenvalue weighted by molar-refractivity contribution is 6.32. The van der Waals surface area contributed by atoms with E-state index in [-0.39, 0.29) is 11.8 Å². The number of hydrogen-bond acceptors (Lipinski definition) is 2. The Kier molecular flexibility index (Phi) is 4.31. The average Bonchev–Trinajstić information content (AvgIpc) is 2.28. The van der Waals surface area contributed by atoms with Gasteiger partial charge in [0.1, 0.15) is 5.38 Å². The normalized spacial score (nSPS) is 11.7. The van der Waals surface area contributed by atoms with Crippen LogP contribution in [0, 0.1) is 0 Å². The number of anilines is 1. The molecule has 1 aromatic carbocycles. The van der Waals surface area contributed by atoms with E-state index in [1.807, 2.05) is 0 Å². The zero-order valence-electron chi connectivity index (χ0n) is 9.08. The Balaban J connectivity index is 2.83. The summed E-state index contributed by atoms with van der Waals surface area (Å²) < 4.78 is 0. The molecule has 4 nitrogen and oxygen atoms in total. The van der Waals surface area contributed by atoms with Crippen molar-refractivity contribution in [1.29, 1.82) is 0 Å². The number of hydrogen-bond donors (Lipinski definition) is 2. The van der Waals surface area contributed by atoms with Crippen LogP contribution in [0.25, 0.3) is 0 Å². The number of amides is 2. The highest BCUT2D eigenvalue weighted by atomic mass is 35.5. The number of carbonyl (C=O) groups is 2. The highest BCUT2D eigenvalue weighted by Gasteiger charge is 2.10. The van der Waals surface area contributed by atoms with Crippen molar-refractivity contribution < 1.29 is 9.59 Å². The quantitative estimate of drug-likeness (QED) is 0.789. The third-order valence-corrected chi connectivity index (χ3v) is 2.18. The molecule has 0 saturated heterocycles. The summed E-state index contributed by atoms with van der Waals surface area (Å²) in [7, 11) is 1.55. The van der Waals surface area contributed by atoms with Gasteiger partial charge in [-0.1, -0.05) is 6.07 Å². The van der Waals surface area contributed by atoms with Crippen molar-refractivity contribution in [1.82, 2.24) is 5.32 Å². The monoisotopic (exact) mass is 240 g/mol. The molecule has 5 heteroatoms. The molecule has 86 valence electrons. The molecule has 16 heavy (non-hydrogen) atoms. The van der Waals surface area contributed by atoms with Crippen molar-refractivity contribution in [2.24, 2.45) is 0 Å². The predicted octanol–water partition coefficient (Wildman–Crippen LogP) is 1.61. The maximum atomic E-state index is 11.3. The molecule has 2 N–H and O–H groups in total. The Hall–Kier alpha value is -1.55. The molecule has 0 bridgehead atoms. The molecule has 0 fully saturated rings. The van der Waals surface area contributed by atoms with E-state index >= 15 is 0 Å². The highest BCUT2D eigenvalue weighted by Crippen LogP contribution is 2.11. The molecular formula is C11H13ClN2O2. The summed E-state index contributed by atoms with van der Waals surface area (Å²) in [5.74, 6) is -0.495. The van der Waals surface area contributed by atoms with Gasteiger partial charge in [0.15, 0.2) is 0 Å². The lowest BCUT2D eigenvalue weighted by atomic mass is 10.2. The van der Waals surface area contributed by atoms with Gasteiger partial charge in [0.05, 0.1) is 0 Å². The summed E-state index contributed by atoms with van der Waals surface area (Å²) in [6.45, 7) is 1.58. The molecule has 0 aliphatic heterocycles. The van der Waals surface area contributed by atoms with Crippen LogP contribution in [0.5, 0.6) is 0 Å². The third-order valence-electron chi connectivity index (χ3n) is 1.98. The van der Waals surface area contributed by atoms with E-state index in [9.17, 15) is 9.59 Å². The Morgan fingerprint density at radius 2 is 2.06 bits per heavy atom. The van der Waals surface area contributed by atoms with Crippen LogP contribution >= 0.6 is 11.6 Å². The molecule has 0 unspecified atom stereocenters. The third kappa shape index (κ3) is 3.24. The van der Waals surface area contributed by atoms with E-state index in [1.165, 1.54) is 0 Å². The number of rotatable bonds is 3. The van der Waals surface area contributed by atoms with E-state index in [2.05, 4.69) is 10.6 Å². The molecule has 0 radical (unpaired) electrons. The van der Waals surface area contributed by atoms with Crippen molar-refractivity contribution in [3.8, 4) is 0 Å². The van der Waals surface area contributed by atoms with Gasteiger partial charge in [-0.2, -0.15) is 0 Å². The van der Waals surface area contributed by atoms with Crippen molar-refractivity contribution in [3.63, 3.8) is 0 Å². The van der Waals surface area contributed by atoms with Gasteiger partial charge < -0.3 is 10.6 Å². The average molecular weight is 241 g/mol. The first-order chi connectivity index (χ1) is 7.54. The molecule has 0 aliphatic rings. The summed E-state index contributed by atoms with van der Waals surface area (Å²) in [4.78, 5) is 22.7. The molecule has 0 saturated carbocycles. The van der Waals surface area contributed by atoms with E-state index < -0.39 is 5.38 Å². The Morgan fingerprint density at radius 3 is 2.62 bits per heavy atom. The summed E-state index contributed by atoms with van der Waals surface area (Å²) in [6.07, 6.45) is 0. The van der Waals surface area contributed by atoms with Gasteiger partial charge in [0.2, 0.25) is 5.91 Å². The van der Waals surface area contributed by atoms with Crippen molar-refractivity contribution >= 4 is 29.1 Å². The van der Waals surface area contributed by atoms with Gasteiger partial charge in [0, 0.05) is 18.3 Å². The van der Waals surface area contributed by atoms with Crippen LogP contribution < -0.4 is 10.6 Å². The maximum absolute atomic E-state index is 11.3. The summed E-state index contributed by atoms with van der Waals surface area (Å²) in [5, 5.41) is 4.51. The molecule has 1 aromatic rings. The standard InChI is InChI=1S/C11H13ClN2O2/c1-7(12)10(15)14-9-5-3-4-8(6-9)11(16)13-2/h3-7H,1-2H3,(H,13,16)(H,14,15)/t7-/m0/s1. The largest absolute Gasteiger partial charge is 0.355 e. The van der Waals surface area contributed by atoms with Crippen molar-refractivity contribution in [3.05, 3.63) is 29.8 Å². The molecule has 1 atom stereocenters.